The van der Waals surface area contributed by atoms with Gasteiger partial charge in [0.15, 0.2) is 17.5 Å². The Morgan fingerprint density at radius 3 is 0.601 bits per heavy atom. The van der Waals surface area contributed by atoms with Crippen LogP contribution in [-0.4, -0.2) is 34.9 Å². The summed E-state index contributed by atoms with van der Waals surface area (Å²) in [6, 6.07) is 178. The molecule has 11 heteroatoms. The SMILES string of the molecule is c1ccc(-c2ccc(-c3cc(-c4ccc(-c5cccc(-c6ccccc6)c5)cc4)nc(-c4cccc5c4oc4ccccc45)n3)cc2)cc1.c1ccc(-c2ccc(-c3cc(-c4ccc(-c5cccc(-c6cccnc6)c5)cc4)nc(-c4cccc5c4oc4ccccc45)n3)cc2)cc1.c1ccc(-c2ccc(-c3cc(-c4ccc(-c5cccc6c5oc5ccccc56)cc4)nc(-c4cccc5c4oc4ccccc45)n3)cc2)cc1. The normalized spacial score (nSPS) is 11.4. The van der Waals surface area contributed by atoms with Crippen LogP contribution in [0.3, 0.4) is 0 Å². The van der Waals surface area contributed by atoms with Gasteiger partial charge in [-0.15, -0.1) is 0 Å². The average Bonchev–Trinajstić information content (AvgIpc) is 1.59. The van der Waals surface area contributed by atoms with Gasteiger partial charge in [0.05, 0.1) is 50.9 Å². The molecule has 0 aliphatic carbocycles. The van der Waals surface area contributed by atoms with E-state index in [0.717, 1.165) is 228 Å². The summed E-state index contributed by atoms with van der Waals surface area (Å²) in [5, 5.41) is 8.63. The van der Waals surface area contributed by atoms with Gasteiger partial charge in [-0.05, 0) is 157 Å². The van der Waals surface area contributed by atoms with E-state index < -0.39 is 0 Å². The van der Waals surface area contributed by atoms with E-state index in [1.54, 1.807) is 6.20 Å². The molecule has 28 aromatic rings. The molecule has 28 rings (SSSR count). The molecule has 0 aliphatic heterocycles. The van der Waals surface area contributed by atoms with Crippen LogP contribution < -0.4 is 0 Å². The number of hydrogen-bond acceptors (Lipinski definition) is 11. The predicted molar refractivity (Wildman–Crippen MR) is 605 cm³/mol. The van der Waals surface area contributed by atoms with Crippen molar-refractivity contribution in [3.05, 3.63) is 528 Å². The van der Waals surface area contributed by atoms with Crippen LogP contribution >= 0.6 is 0 Å². The first-order chi connectivity index (χ1) is 73.3. The van der Waals surface area contributed by atoms with Crippen molar-refractivity contribution in [3.63, 3.8) is 0 Å². The summed E-state index contributed by atoms with van der Waals surface area (Å²) >= 11 is 0. The zero-order chi connectivity index (χ0) is 98.2. The average molecular weight is 1900 g/mol. The molecule has 8 heterocycles. The van der Waals surface area contributed by atoms with Crippen LogP contribution in [0.2, 0.25) is 0 Å². The second kappa shape index (κ2) is 38.8. The van der Waals surface area contributed by atoms with Crippen molar-refractivity contribution in [2.75, 3.05) is 0 Å². The number of nitrogens with zero attached hydrogens (tertiary/aromatic N) is 7. The van der Waals surface area contributed by atoms with Crippen LogP contribution in [0.5, 0.6) is 0 Å². The molecule has 0 radical (unpaired) electrons. The van der Waals surface area contributed by atoms with Crippen molar-refractivity contribution in [1.29, 1.82) is 0 Å². The third kappa shape index (κ3) is 17.4. The minimum absolute atomic E-state index is 0.616. The zero-order valence-electron chi connectivity index (χ0n) is 80.0. The van der Waals surface area contributed by atoms with Crippen LogP contribution in [0.4, 0.5) is 0 Å². The first-order valence-electron chi connectivity index (χ1n) is 49.6. The van der Waals surface area contributed by atoms with E-state index in [1.165, 1.54) is 33.4 Å². The van der Waals surface area contributed by atoms with E-state index in [-0.39, 0.29) is 0 Å². The minimum Gasteiger partial charge on any atom is -0.455 e. The Balaban J connectivity index is 0.000000112. The number of hydrogen-bond donors (Lipinski definition) is 0. The van der Waals surface area contributed by atoms with Crippen molar-refractivity contribution in [3.8, 4) is 191 Å². The van der Waals surface area contributed by atoms with Gasteiger partial charge in [-0.2, -0.15) is 0 Å². The Labute approximate surface area is 853 Å². The molecule has 0 saturated carbocycles. The largest absolute Gasteiger partial charge is 0.455 e. The number of benzene rings is 20. The summed E-state index contributed by atoms with van der Waals surface area (Å²) in [5.74, 6) is 1.87. The third-order valence-electron chi connectivity index (χ3n) is 27.7. The Morgan fingerprint density at radius 1 is 0.128 bits per heavy atom. The highest BCUT2D eigenvalue weighted by Gasteiger charge is 2.24. The molecule has 0 N–H and O–H groups in total. The highest BCUT2D eigenvalue weighted by molar-refractivity contribution is 6.13. The molecule has 0 unspecified atom stereocenters. The maximum atomic E-state index is 6.43. The number of para-hydroxylation sites is 8. The maximum Gasteiger partial charge on any atom is 0.164 e. The van der Waals surface area contributed by atoms with E-state index in [1.807, 2.05) is 115 Å². The first-order valence-corrected chi connectivity index (χ1v) is 49.6. The number of pyridine rings is 1. The molecular weight excluding hydrogens is 1810 g/mol. The summed E-state index contributed by atoms with van der Waals surface area (Å²) < 4.78 is 25.6. The van der Waals surface area contributed by atoms with Crippen LogP contribution in [0.15, 0.2) is 546 Å². The Bertz CT molecular complexity index is 9420. The molecule has 0 saturated heterocycles. The van der Waals surface area contributed by atoms with E-state index >= 15 is 0 Å². The van der Waals surface area contributed by atoms with E-state index in [4.69, 9.17) is 47.6 Å². The summed E-state index contributed by atoms with van der Waals surface area (Å²) in [4.78, 5) is 35.3. The van der Waals surface area contributed by atoms with Crippen LogP contribution in [0, 0.1) is 0 Å². The molecule has 20 aromatic carbocycles. The highest BCUT2D eigenvalue weighted by Crippen LogP contribution is 2.45. The quantitative estimate of drug-likeness (QED) is 0.0859. The van der Waals surface area contributed by atoms with E-state index in [2.05, 4.69) is 411 Å². The molecule has 0 atom stereocenters. The smallest absolute Gasteiger partial charge is 0.164 e. The first kappa shape index (κ1) is 88.2. The van der Waals surface area contributed by atoms with Gasteiger partial charge in [-0.3, -0.25) is 4.98 Å². The maximum absolute atomic E-state index is 6.43. The highest BCUT2D eigenvalue weighted by atomic mass is 16.3. The van der Waals surface area contributed by atoms with Gasteiger partial charge in [0.1, 0.15) is 44.7 Å². The number of fused-ring (bicyclic) bond motifs is 12. The van der Waals surface area contributed by atoms with Crippen molar-refractivity contribution in [2.24, 2.45) is 0 Å². The molecular formula is C137H87N7O4. The molecule has 0 bridgehead atoms. The molecule has 0 aliphatic rings. The molecule has 11 nitrogen and oxygen atoms in total. The molecule has 8 aromatic heterocycles. The van der Waals surface area contributed by atoms with Gasteiger partial charge in [-0.1, -0.05) is 437 Å². The van der Waals surface area contributed by atoms with Gasteiger partial charge in [0, 0.05) is 100.0 Å². The fraction of sp³-hybridized carbons (Fsp3) is 0. The van der Waals surface area contributed by atoms with Gasteiger partial charge in [-0.25, -0.2) is 29.9 Å². The monoisotopic (exact) mass is 1890 g/mol. The van der Waals surface area contributed by atoms with Crippen LogP contribution in [0.1, 0.15) is 0 Å². The minimum atomic E-state index is 0.616. The number of furan rings is 4. The number of rotatable bonds is 17. The standard InChI is InChI=1S/C46H28N2O2.C46H30N2O.C45H29N3O/c1-2-10-29(11-3-1)30-20-24-32(25-21-30)40-28-41(48-46(47-40)39-17-9-16-38-36-13-5-7-19-43(36)50-45(38)39)33-26-22-31(23-27-33)34-14-8-15-37-35-12-4-6-18-42(35)49-44(34)37;1-3-11-31(12-4-1)33-21-25-35(26-22-33)42-30-43(48-46(47-42)41-19-10-18-40-39-17-7-8-20-44(39)49-45(40)41)36-27-23-34(24-28-36)38-16-9-15-37(29-38)32-13-5-2-6-14-32;1-2-9-30(10-3-1)31-18-22-33(23-19-31)41-28-42(48-45(47-41)40-16-7-15-39-38-14-4-5-17-43(38)49-44(39)40)34-24-20-32(21-25-34)35-11-6-12-36(27-35)37-13-8-26-46-29-37/h1-28H;1-30H;1-29H. The zero-order valence-corrected chi connectivity index (χ0v) is 80.0. The summed E-state index contributed by atoms with van der Waals surface area (Å²) in [6.07, 6.45) is 3.69. The second-order valence-corrected chi connectivity index (χ2v) is 36.8. The lowest BCUT2D eigenvalue weighted by atomic mass is 9.97. The Hall–Kier alpha value is -20.0. The molecule has 0 spiro atoms. The summed E-state index contributed by atoms with van der Waals surface area (Å²) in [6.45, 7) is 0. The molecule has 694 valence electrons. The van der Waals surface area contributed by atoms with Gasteiger partial charge in [0.25, 0.3) is 0 Å². The lowest BCUT2D eigenvalue weighted by Gasteiger charge is -2.11. The van der Waals surface area contributed by atoms with Crippen molar-refractivity contribution in [2.45, 2.75) is 0 Å². The number of aromatic nitrogens is 7. The molecule has 0 fully saturated rings. The van der Waals surface area contributed by atoms with Gasteiger partial charge in [0.2, 0.25) is 0 Å². The van der Waals surface area contributed by atoms with Gasteiger partial charge >= 0.3 is 0 Å². The van der Waals surface area contributed by atoms with Crippen molar-refractivity contribution < 1.29 is 17.7 Å². The third-order valence-corrected chi connectivity index (χ3v) is 27.7. The lowest BCUT2D eigenvalue weighted by molar-refractivity contribution is 0.669. The summed E-state index contributed by atoms with van der Waals surface area (Å²) in [7, 11) is 0. The topological polar surface area (TPSA) is 143 Å². The predicted octanol–water partition coefficient (Wildman–Crippen LogP) is 36.8. The molecule has 148 heavy (non-hydrogen) atoms. The Morgan fingerprint density at radius 2 is 0.324 bits per heavy atom. The van der Waals surface area contributed by atoms with Crippen molar-refractivity contribution >= 4 is 87.8 Å². The van der Waals surface area contributed by atoms with E-state index in [0.29, 0.717) is 17.5 Å². The lowest BCUT2D eigenvalue weighted by Crippen LogP contribution is -1.96. The fourth-order valence-electron chi connectivity index (χ4n) is 20.1. The van der Waals surface area contributed by atoms with E-state index in [9.17, 15) is 0 Å². The fourth-order valence-corrected chi connectivity index (χ4v) is 20.1. The van der Waals surface area contributed by atoms with Crippen LogP contribution in [-0.2, 0) is 0 Å². The van der Waals surface area contributed by atoms with Crippen molar-refractivity contribution in [1.82, 2.24) is 34.9 Å². The second-order valence-electron chi connectivity index (χ2n) is 36.8. The summed E-state index contributed by atoms with van der Waals surface area (Å²) in [5.41, 5.74) is 38.8. The Kier molecular flexibility index (Phi) is 23.1. The molecule has 0 amide bonds. The van der Waals surface area contributed by atoms with Crippen LogP contribution in [0.25, 0.3) is 278 Å². The van der Waals surface area contributed by atoms with Gasteiger partial charge < -0.3 is 17.7 Å².